The van der Waals surface area contributed by atoms with E-state index in [2.05, 4.69) is 23.7 Å². The summed E-state index contributed by atoms with van der Waals surface area (Å²) in [5.74, 6) is 14.6. The van der Waals surface area contributed by atoms with Gasteiger partial charge in [-0.15, -0.1) is 0 Å². The SMILES string of the molecule is COc1ccc(C#Cc2cc(OC)c(OC)cc2C#CCCO)cc1OC. The van der Waals surface area contributed by atoms with Crippen LogP contribution < -0.4 is 18.9 Å². The summed E-state index contributed by atoms with van der Waals surface area (Å²) in [5, 5.41) is 8.94. The Kier molecular flexibility index (Phi) is 7.43. The number of benzene rings is 2. The Labute approximate surface area is 159 Å². The summed E-state index contributed by atoms with van der Waals surface area (Å²) in [6, 6.07) is 9.03. The molecule has 27 heavy (non-hydrogen) atoms. The minimum absolute atomic E-state index is 0.00689. The summed E-state index contributed by atoms with van der Waals surface area (Å²) in [5.41, 5.74) is 2.18. The van der Waals surface area contributed by atoms with Gasteiger partial charge in [0.05, 0.1) is 35.0 Å². The highest BCUT2D eigenvalue weighted by Gasteiger charge is 2.09. The Morgan fingerprint density at radius 3 is 1.81 bits per heavy atom. The smallest absolute Gasteiger partial charge is 0.162 e. The molecule has 0 bridgehead atoms. The molecular weight excluding hydrogens is 344 g/mol. The van der Waals surface area contributed by atoms with Gasteiger partial charge in [-0.1, -0.05) is 23.7 Å². The average Bonchev–Trinajstić information content (AvgIpc) is 2.72. The third-order valence-corrected chi connectivity index (χ3v) is 3.71. The first-order valence-corrected chi connectivity index (χ1v) is 8.26. The minimum Gasteiger partial charge on any atom is -0.493 e. The highest BCUT2D eigenvalue weighted by atomic mass is 16.5. The van der Waals surface area contributed by atoms with Gasteiger partial charge in [0.2, 0.25) is 0 Å². The zero-order valence-electron chi connectivity index (χ0n) is 15.9. The third-order valence-electron chi connectivity index (χ3n) is 3.71. The first-order valence-electron chi connectivity index (χ1n) is 8.26. The van der Waals surface area contributed by atoms with Crippen molar-refractivity contribution in [2.45, 2.75) is 6.42 Å². The van der Waals surface area contributed by atoms with Crippen molar-refractivity contribution in [2.24, 2.45) is 0 Å². The normalized spacial score (nSPS) is 9.37. The fourth-order valence-corrected chi connectivity index (χ4v) is 2.35. The number of hydrogen-bond donors (Lipinski definition) is 1. The molecule has 0 saturated carbocycles. The van der Waals surface area contributed by atoms with Crippen molar-refractivity contribution < 1.29 is 24.1 Å². The minimum atomic E-state index is 0.00689. The number of aliphatic hydroxyl groups is 1. The van der Waals surface area contributed by atoms with E-state index in [9.17, 15) is 0 Å². The maximum absolute atomic E-state index is 8.94. The Balaban J connectivity index is 2.49. The summed E-state index contributed by atoms with van der Waals surface area (Å²) in [4.78, 5) is 0. The molecule has 0 amide bonds. The molecule has 0 aliphatic carbocycles. The molecule has 0 fully saturated rings. The molecule has 0 aliphatic rings. The second-order valence-corrected chi connectivity index (χ2v) is 5.35. The van der Waals surface area contributed by atoms with Crippen LogP contribution >= 0.6 is 0 Å². The Hall–Kier alpha value is -3.28. The number of ether oxygens (including phenoxy) is 4. The molecule has 0 saturated heterocycles. The molecule has 0 atom stereocenters. The molecule has 2 rings (SSSR count). The van der Waals surface area contributed by atoms with Crippen LogP contribution in [0.1, 0.15) is 23.1 Å². The van der Waals surface area contributed by atoms with Crippen LogP contribution in [-0.4, -0.2) is 40.2 Å². The second-order valence-electron chi connectivity index (χ2n) is 5.35. The molecule has 2 aromatic carbocycles. The molecule has 0 heterocycles. The van der Waals surface area contributed by atoms with Crippen molar-refractivity contribution in [3.05, 3.63) is 47.0 Å². The lowest BCUT2D eigenvalue weighted by Crippen LogP contribution is -1.94. The van der Waals surface area contributed by atoms with E-state index in [0.717, 1.165) is 5.56 Å². The van der Waals surface area contributed by atoms with Crippen molar-refractivity contribution in [2.75, 3.05) is 35.0 Å². The lowest BCUT2D eigenvalue weighted by molar-refractivity contribution is 0.305. The Bertz CT molecular complexity index is 910. The van der Waals surface area contributed by atoms with Crippen LogP contribution in [0.3, 0.4) is 0 Å². The molecule has 1 N–H and O–H groups in total. The highest BCUT2D eigenvalue weighted by molar-refractivity contribution is 5.60. The lowest BCUT2D eigenvalue weighted by Gasteiger charge is -2.09. The average molecular weight is 366 g/mol. The zero-order valence-corrected chi connectivity index (χ0v) is 15.9. The van der Waals surface area contributed by atoms with Crippen LogP contribution in [0.15, 0.2) is 30.3 Å². The standard InChI is InChI=1S/C22H22O5/c1-24-19-11-9-16(13-20(19)25-2)8-10-18-15-22(27-4)21(26-3)14-17(18)7-5-6-12-23/h9,11,13-15,23H,6,12H2,1-4H3. The summed E-state index contributed by atoms with van der Waals surface area (Å²) in [6.45, 7) is 0.00689. The summed E-state index contributed by atoms with van der Waals surface area (Å²) in [7, 11) is 6.31. The topological polar surface area (TPSA) is 57.2 Å². The van der Waals surface area contributed by atoms with Crippen molar-refractivity contribution >= 4 is 0 Å². The molecule has 5 heteroatoms. The Morgan fingerprint density at radius 2 is 1.26 bits per heavy atom. The van der Waals surface area contributed by atoms with Gasteiger partial charge in [-0.3, -0.25) is 0 Å². The largest absolute Gasteiger partial charge is 0.493 e. The number of aliphatic hydroxyl groups excluding tert-OH is 1. The van der Waals surface area contributed by atoms with Crippen molar-refractivity contribution in [3.8, 4) is 46.7 Å². The predicted octanol–water partition coefficient (Wildman–Crippen LogP) is 2.85. The number of rotatable bonds is 5. The van der Waals surface area contributed by atoms with Gasteiger partial charge < -0.3 is 24.1 Å². The second kappa shape index (κ2) is 10.0. The van der Waals surface area contributed by atoms with Gasteiger partial charge in [0.25, 0.3) is 0 Å². The van der Waals surface area contributed by atoms with Gasteiger partial charge in [0.15, 0.2) is 23.0 Å². The van der Waals surface area contributed by atoms with Crippen LogP contribution in [0.4, 0.5) is 0 Å². The molecular formula is C22H22O5. The van der Waals surface area contributed by atoms with Gasteiger partial charge >= 0.3 is 0 Å². The van der Waals surface area contributed by atoms with E-state index in [4.69, 9.17) is 24.1 Å². The van der Waals surface area contributed by atoms with E-state index < -0.39 is 0 Å². The lowest BCUT2D eigenvalue weighted by atomic mass is 10.1. The molecule has 140 valence electrons. The molecule has 0 radical (unpaired) electrons. The molecule has 0 aliphatic heterocycles. The van der Waals surface area contributed by atoms with E-state index >= 15 is 0 Å². The van der Waals surface area contributed by atoms with E-state index in [0.29, 0.717) is 40.5 Å². The zero-order chi connectivity index (χ0) is 19.6. The van der Waals surface area contributed by atoms with Crippen molar-refractivity contribution in [1.82, 2.24) is 0 Å². The van der Waals surface area contributed by atoms with Gasteiger partial charge in [-0.05, 0) is 18.2 Å². The molecule has 0 spiro atoms. The summed E-state index contributed by atoms with van der Waals surface area (Å²) >= 11 is 0. The number of methoxy groups -OCH3 is 4. The van der Waals surface area contributed by atoms with Crippen molar-refractivity contribution in [3.63, 3.8) is 0 Å². The van der Waals surface area contributed by atoms with Crippen LogP contribution in [0.5, 0.6) is 23.0 Å². The fourth-order valence-electron chi connectivity index (χ4n) is 2.35. The maximum atomic E-state index is 8.94. The first-order chi connectivity index (χ1) is 13.2. The predicted molar refractivity (Wildman–Crippen MR) is 104 cm³/mol. The number of hydrogen-bond acceptors (Lipinski definition) is 5. The van der Waals surface area contributed by atoms with Gasteiger partial charge in [-0.2, -0.15) is 0 Å². The van der Waals surface area contributed by atoms with Crippen molar-refractivity contribution in [1.29, 1.82) is 0 Å². The first kappa shape index (κ1) is 20.0. The van der Waals surface area contributed by atoms with Crippen LogP contribution in [0.25, 0.3) is 0 Å². The van der Waals surface area contributed by atoms with Crippen LogP contribution in [0, 0.1) is 23.7 Å². The molecule has 0 unspecified atom stereocenters. The molecule has 0 aromatic heterocycles. The maximum Gasteiger partial charge on any atom is 0.162 e. The monoisotopic (exact) mass is 366 g/mol. The fraction of sp³-hybridized carbons (Fsp3) is 0.273. The molecule has 2 aromatic rings. The van der Waals surface area contributed by atoms with Crippen LogP contribution in [-0.2, 0) is 0 Å². The van der Waals surface area contributed by atoms with E-state index in [-0.39, 0.29) is 6.61 Å². The van der Waals surface area contributed by atoms with Gasteiger partial charge in [0, 0.05) is 35.2 Å². The quantitative estimate of drug-likeness (QED) is 0.825. The summed E-state index contributed by atoms with van der Waals surface area (Å²) < 4.78 is 21.2. The summed E-state index contributed by atoms with van der Waals surface area (Å²) in [6.07, 6.45) is 0.386. The van der Waals surface area contributed by atoms with E-state index in [1.807, 2.05) is 12.1 Å². The van der Waals surface area contributed by atoms with Gasteiger partial charge in [0.1, 0.15) is 0 Å². The van der Waals surface area contributed by atoms with E-state index in [1.54, 1.807) is 46.6 Å². The molecule has 5 nitrogen and oxygen atoms in total. The van der Waals surface area contributed by atoms with E-state index in [1.165, 1.54) is 0 Å². The Morgan fingerprint density at radius 1 is 0.704 bits per heavy atom. The third kappa shape index (κ3) is 5.10. The van der Waals surface area contributed by atoms with Gasteiger partial charge in [-0.25, -0.2) is 0 Å². The highest BCUT2D eigenvalue weighted by Crippen LogP contribution is 2.30. The van der Waals surface area contributed by atoms with Crippen LogP contribution in [0.2, 0.25) is 0 Å².